The predicted octanol–water partition coefficient (Wildman–Crippen LogP) is 1.74. The molecule has 2 rings (SSSR count). The second-order valence-corrected chi connectivity index (χ2v) is 5.10. The molecule has 18 heavy (non-hydrogen) atoms. The molecule has 1 aliphatic rings. The minimum absolute atomic E-state index is 0.0814. The molecule has 1 aliphatic carbocycles. The van der Waals surface area contributed by atoms with Crippen LogP contribution in [-0.4, -0.2) is 26.5 Å². The van der Waals surface area contributed by atoms with Crippen LogP contribution in [0.4, 0.5) is 0 Å². The van der Waals surface area contributed by atoms with Gasteiger partial charge in [-0.1, -0.05) is 37.3 Å². The van der Waals surface area contributed by atoms with Crippen LogP contribution in [0, 0.1) is 5.92 Å². The van der Waals surface area contributed by atoms with Gasteiger partial charge in [0.05, 0.1) is 6.04 Å². The number of H-pyrrole nitrogens is 1. The van der Waals surface area contributed by atoms with Crippen LogP contribution in [-0.2, 0) is 4.79 Å². The van der Waals surface area contributed by atoms with E-state index in [0.717, 1.165) is 12.3 Å². The molecule has 6 nitrogen and oxygen atoms in total. The smallest absolute Gasteiger partial charge is 0.220 e. The van der Waals surface area contributed by atoms with Crippen LogP contribution < -0.4 is 5.32 Å². The fourth-order valence-electron chi connectivity index (χ4n) is 2.54. The zero-order chi connectivity index (χ0) is 12.8. The van der Waals surface area contributed by atoms with E-state index in [1.807, 2.05) is 6.92 Å². The summed E-state index contributed by atoms with van der Waals surface area (Å²) in [4.78, 5) is 11.8. The SMILES string of the molecule is CC(NC(=O)CCC1CCCCC1)c1nn[nH]n1. The van der Waals surface area contributed by atoms with Gasteiger partial charge in [-0.05, 0) is 19.3 Å². The van der Waals surface area contributed by atoms with Crippen molar-refractivity contribution in [2.45, 2.75) is 57.9 Å². The van der Waals surface area contributed by atoms with Crippen LogP contribution in [0.5, 0.6) is 0 Å². The van der Waals surface area contributed by atoms with Gasteiger partial charge in [-0.15, -0.1) is 10.2 Å². The monoisotopic (exact) mass is 251 g/mol. The average molecular weight is 251 g/mol. The first-order valence-electron chi connectivity index (χ1n) is 6.78. The molecule has 1 unspecified atom stereocenters. The summed E-state index contributed by atoms with van der Waals surface area (Å²) in [5, 5.41) is 16.5. The summed E-state index contributed by atoms with van der Waals surface area (Å²) in [6.07, 6.45) is 8.19. The van der Waals surface area contributed by atoms with Crippen molar-refractivity contribution in [2.75, 3.05) is 0 Å². The lowest BCUT2D eigenvalue weighted by Crippen LogP contribution is -2.27. The molecule has 1 aromatic heterocycles. The maximum Gasteiger partial charge on any atom is 0.220 e. The van der Waals surface area contributed by atoms with E-state index in [1.54, 1.807) is 0 Å². The number of hydrogen-bond acceptors (Lipinski definition) is 4. The highest BCUT2D eigenvalue weighted by Crippen LogP contribution is 2.27. The zero-order valence-electron chi connectivity index (χ0n) is 10.9. The lowest BCUT2D eigenvalue weighted by molar-refractivity contribution is -0.122. The molecular formula is C12H21N5O. The van der Waals surface area contributed by atoms with Gasteiger partial charge in [0.2, 0.25) is 5.91 Å². The molecule has 0 spiro atoms. The largest absolute Gasteiger partial charge is 0.346 e. The second kappa shape index (κ2) is 6.47. The molecule has 2 N–H and O–H groups in total. The van der Waals surface area contributed by atoms with Crippen molar-refractivity contribution < 1.29 is 4.79 Å². The summed E-state index contributed by atoms with van der Waals surface area (Å²) < 4.78 is 0. The van der Waals surface area contributed by atoms with Crippen molar-refractivity contribution >= 4 is 5.91 Å². The van der Waals surface area contributed by atoms with E-state index >= 15 is 0 Å². The molecule has 0 saturated heterocycles. The van der Waals surface area contributed by atoms with Crippen LogP contribution >= 0.6 is 0 Å². The number of aromatic nitrogens is 4. The first kappa shape index (κ1) is 13.0. The number of nitrogens with one attached hydrogen (secondary N) is 2. The lowest BCUT2D eigenvalue weighted by Gasteiger charge is -2.21. The highest BCUT2D eigenvalue weighted by atomic mass is 16.1. The molecule has 100 valence electrons. The van der Waals surface area contributed by atoms with Gasteiger partial charge in [0.1, 0.15) is 0 Å². The minimum Gasteiger partial charge on any atom is -0.346 e. The second-order valence-electron chi connectivity index (χ2n) is 5.10. The Balaban J connectivity index is 1.68. The lowest BCUT2D eigenvalue weighted by atomic mass is 9.86. The molecule has 0 radical (unpaired) electrons. The van der Waals surface area contributed by atoms with Crippen molar-refractivity contribution in [2.24, 2.45) is 5.92 Å². The van der Waals surface area contributed by atoms with Gasteiger partial charge in [0.15, 0.2) is 5.82 Å². The first-order valence-corrected chi connectivity index (χ1v) is 6.78. The Morgan fingerprint density at radius 3 is 2.89 bits per heavy atom. The third-order valence-electron chi connectivity index (χ3n) is 3.63. The normalized spacial score (nSPS) is 18.5. The highest BCUT2D eigenvalue weighted by molar-refractivity contribution is 5.76. The molecule has 6 heteroatoms. The Morgan fingerprint density at radius 1 is 1.44 bits per heavy atom. The summed E-state index contributed by atoms with van der Waals surface area (Å²) in [5.74, 6) is 1.35. The summed E-state index contributed by atoms with van der Waals surface area (Å²) in [6.45, 7) is 1.86. The molecular weight excluding hydrogens is 230 g/mol. The van der Waals surface area contributed by atoms with E-state index < -0.39 is 0 Å². The maximum atomic E-state index is 11.8. The Bertz CT molecular complexity index is 359. The molecule has 1 aromatic rings. The predicted molar refractivity (Wildman–Crippen MR) is 66.5 cm³/mol. The topological polar surface area (TPSA) is 83.6 Å². The fraction of sp³-hybridized carbons (Fsp3) is 0.833. The number of amides is 1. The standard InChI is InChI=1S/C12H21N5O/c1-9(12-14-16-17-15-12)13-11(18)8-7-10-5-3-2-4-6-10/h9-10H,2-8H2,1H3,(H,13,18)(H,14,15,16,17). The van der Waals surface area contributed by atoms with Gasteiger partial charge < -0.3 is 5.32 Å². The highest BCUT2D eigenvalue weighted by Gasteiger charge is 2.17. The Hall–Kier alpha value is -1.46. The number of aromatic amines is 1. The maximum absolute atomic E-state index is 11.8. The Morgan fingerprint density at radius 2 is 2.22 bits per heavy atom. The van der Waals surface area contributed by atoms with Gasteiger partial charge in [-0.3, -0.25) is 4.79 Å². The van der Waals surface area contributed by atoms with Gasteiger partial charge in [-0.2, -0.15) is 5.21 Å². The molecule has 0 aromatic carbocycles. The Kier molecular flexibility index (Phi) is 4.66. The van der Waals surface area contributed by atoms with Gasteiger partial charge >= 0.3 is 0 Å². The third-order valence-corrected chi connectivity index (χ3v) is 3.63. The molecule has 1 fully saturated rings. The number of nitrogens with zero attached hydrogens (tertiary/aromatic N) is 3. The van der Waals surface area contributed by atoms with E-state index in [1.165, 1.54) is 32.1 Å². The number of carbonyl (C=O) groups is 1. The van der Waals surface area contributed by atoms with Crippen LogP contribution in [0.3, 0.4) is 0 Å². The number of tetrazole rings is 1. The molecule has 1 saturated carbocycles. The van der Waals surface area contributed by atoms with Gasteiger partial charge in [-0.25, -0.2) is 0 Å². The van der Waals surface area contributed by atoms with Crippen molar-refractivity contribution in [3.05, 3.63) is 5.82 Å². The fourth-order valence-corrected chi connectivity index (χ4v) is 2.54. The molecule has 1 heterocycles. The third kappa shape index (κ3) is 3.78. The average Bonchev–Trinajstić information content (AvgIpc) is 2.91. The van der Waals surface area contributed by atoms with Crippen molar-refractivity contribution in [1.82, 2.24) is 25.9 Å². The number of carbonyl (C=O) groups excluding carboxylic acids is 1. The molecule has 1 amide bonds. The first-order chi connectivity index (χ1) is 8.75. The minimum atomic E-state index is -0.178. The quantitative estimate of drug-likeness (QED) is 0.835. The van der Waals surface area contributed by atoms with Crippen LogP contribution in [0.1, 0.15) is 63.7 Å². The molecule has 0 bridgehead atoms. The number of hydrogen-bond donors (Lipinski definition) is 2. The zero-order valence-corrected chi connectivity index (χ0v) is 10.9. The van der Waals surface area contributed by atoms with Gasteiger partial charge in [0, 0.05) is 6.42 Å². The summed E-state index contributed by atoms with van der Waals surface area (Å²) >= 11 is 0. The van der Waals surface area contributed by atoms with E-state index in [4.69, 9.17) is 0 Å². The summed E-state index contributed by atoms with van der Waals surface area (Å²) in [5.41, 5.74) is 0. The summed E-state index contributed by atoms with van der Waals surface area (Å²) in [6, 6.07) is -0.178. The Labute approximate surface area is 107 Å². The van der Waals surface area contributed by atoms with Crippen LogP contribution in [0.2, 0.25) is 0 Å². The van der Waals surface area contributed by atoms with E-state index in [-0.39, 0.29) is 11.9 Å². The van der Waals surface area contributed by atoms with Crippen molar-refractivity contribution in [3.63, 3.8) is 0 Å². The van der Waals surface area contributed by atoms with E-state index in [2.05, 4.69) is 25.9 Å². The van der Waals surface area contributed by atoms with Gasteiger partial charge in [0.25, 0.3) is 0 Å². The summed E-state index contributed by atoms with van der Waals surface area (Å²) in [7, 11) is 0. The number of rotatable bonds is 5. The molecule has 0 aliphatic heterocycles. The molecule has 1 atom stereocenters. The van der Waals surface area contributed by atoms with Crippen LogP contribution in [0.15, 0.2) is 0 Å². The van der Waals surface area contributed by atoms with Crippen molar-refractivity contribution in [1.29, 1.82) is 0 Å². The van der Waals surface area contributed by atoms with Crippen LogP contribution in [0.25, 0.3) is 0 Å². The van der Waals surface area contributed by atoms with E-state index in [9.17, 15) is 4.79 Å². The van der Waals surface area contributed by atoms with Crippen molar-refractivity contribution in [3.8, 4) is 0 Å². The van der Waals surface area contributed by atoms with E-state index in [0.29, 0.717) is 12.2 Å².